The van der Waals surface area contributed by atoms with Crippen molar-refractivity contribution in [2.75, 3.05) is 39.4 Å². The lowest BCUT2D eigenvalue weighted by Gasteiger charge is -2.26. The lowest BCUT2D eigenvalue weighted by molar-refractivity contribution is 0.0544. The standard InChI is InChI=1S/C12H24N2O/c1-3-11(7-13-5-1)8-14-9-12-4-2-6-15-10-12/h11-14H,1-10H2. The van der Waals surface area contributed by atoms with E-state index >= 15 is 0 Å². The van der Waals surface area contributed by atoms with Crippen molar-refractivity contribution in [3.05, 3.63) is 0 Å². The summed E-state index contributed by atoms with van der Waals surface area (Å²) in [5.41, 5.74) is 0. The maximum atomic E-state index is 5.47. The molecule has 15 heavy (non-hydrogen) atoms. The van der Waals surface area contributed by atoms with Crippen molar-refractivity contribution in [3.8, 4) is 0 Å². The molecular weight excluding hydrogens is 188 g/mol. The van der Waals surface area contributed by atoms with Crippen LogP contribution in [0.5, 0.6) is 0 Å². The molecule has 3 heteroatoms. The highest BCUT2D eigenvalue weighted by Crippen LogP contribution is 2.13. The van der Waals surface area contributed by atoms with Crippen LogP contribution in [0.4, 0.5) is 0 Å². The van der Waals surface area contributed by atoms with Crippen LogP contribution in [0.3, 0.4) is 0 Å². The second kappa shape index (κ2) is 6.46. The van der Waals surface area contributed by atoms with Crippen molar-refractivity contribution in [1.29, 1.82) is 0 Å². The molecule has 0 aromatic rings. The van der Waals surface area contributed by atoms with Crippen LogP contribution in [0.15, 0.2) is 0 Å². The Morgan fingerprint density at radius 3 is 2.73 bits per heavy atom. The first-order chi connectivity index (χ1) is 7.45. The fraction of sp³-hybridized carbons (Fsp3) is 1.00. The second-order valence-corrected chi connectivity index (χ2v) is 4.95. The smallest absolute Gasteiger partial charge is 0.0506 e. The number of hydrogen-bond acceptors (Lipinski definition) is 3. The fourth-order valence-corrected chi connectivity index (χ4v) is 2.56. The zero-order valence-electron chi connectivity index (χ0n) is 9.63. The third-order valence-electron chi connectivity index (χ3n) is 3.52. The maximum absolute atomic E-state index is 5.47. The first-order valence-corrected chi connectivity index (χ1v) is 6.44. The molecule has 88 valence electrons. The van der Waals surface area contributed by atoms with Gasteiger partial charge in [0.1, 0.15) is 0 Å². The molecule has 2 fully saturated rings. The molecule has 2 unspecified atom stereocenters. The van der Waals surface area contributed by atoms with E-state index in [0.717, 1.165) is 31.6 Å². The first kappa shape index (κ1) is 11.4. The Labute approximate surface area is 93.0 Å². The number of hydrogen-bond donors (Lipinski definition) is 2. The number of ether oxygens (including phenoxy) is 1. The molecule has 2 heterocycles. The highest BCUT2D eigenvalue weighted by molar-refractivity contribution is 4.72. The van der Waals surface area contributed by atoms with Crippen LogP contribution < -0.4 is 10.6 Å². The van der Waals surface area contributed by atoms with Gasteiger partial charge < -0.3 is 15.4 Å². The lowest BCUT2D eigenvalue weighted by Crippen LogP contribution is -2.38. The molecule has 0 aromatic carbocycles. The average molecular weight is 212 g/mol. The van der Waals surface area contributed by atoms with Gasteiger partial charge in [-0.15, -0.1) is 0 Å². The SMILES string of the molecule is C1CNCC(CNCC2CCCOC2)C1. The van der Waals surface area contributed by atoms with Gasteiger partial charge in [0.25, 0.3) is 0 Å². The molecule has 2 aliphatic heterocycles. The Morgan fingerprint density at radius 2 is 2.00 bits per heavy atom. The van der Waals surface area contributed by atoms with Crippen molar-refractivity contribution in [1.82, 2.24) is 10.6 Å². The van der Waals surface area contributed by atoms with Crippen LogP contribution in [0.2, 0.25) is 0 Å². The molecule has 0 spiro atoms. The predicted molar refractivity (Wildman–Crippen MR) is 62.0 cm³/mol. The zero-order chi connectivity index (χ0) is 10.3. The van der Waals surface area contributed by atoms with Gasteiger partial charge in [-0.1, -0.05) is 0 Å². The van der Waals surface area contributed by atoms with Crippen molar-refractivity contribution >= 4 is 0 Å². The summed E-state index contributed by atoms with van der Waals surface area (Å²) in [4.78, 5) is 0. The fourth-order valence-electron chi connectivity index (χ4n) is 2.56. The monoisotopic (exact) mass is 212 g/mol. The molecule has 2 rings (SSSR count). The highest BCUT2D eigenvalue weighted by Gasteiger charge is 2.15. The number of nitrogens with one attached hydrogen (secondary N) is 2. The van der Waals surface area contributed by atoms with Crippen LogP contribution in [-0.4, -0.2) is 39.4 Å². The van der Waals surface area contributed by atoms with Gasteiger partial charge in [0, 0.05) is 13.2 Å². The van der Waals surface area contributed by atoms with E-state index in [9.17, 15) is 0 Å². The molecular formula is C12H24N2O. The van der Waals surface area contributed by atoms with E-state index in [1.807, 2.05) is 0 Å². The molecule has 0 aromatic heterocycles. The largest absolute Gasteiger partial charge is 0.381 e. The predicted octanol–water partition coefficient (Wildman–Crippen LogP) is 1.00. The zero-order valence-corrected chi connectivity index (χ0v) is 9.63. The van der Waals surface area contributed by atoms with E-state index in [1.54, 1.807) is 0 Å². The Bertz CT molecular complexity index is 145. The van der Waals surface area contributed by atoms with Gasteiger partial charge in [-0.2, -0.15) is 0 Å². The van der Waals surface area contributed by atoms with Gasteiger partial charge in [-0.25, -0.2) is 0 Å². The van der Waals surface area contributed by atoms with E-state index in [2.05, 4.69) is 10.6 Å². The summed E-state index contributed by atoms with van der Waals surface area (Å²) in [6, 6.07) is 0. The summed E-state index contributed by atoms with van der Waals surface area (Å²) in [7, 11) is 0. The van der Waals surface area contributed by atoms with Gasteiger partial charge in [0.2, 0.25) is 0 Å². The van der Waals surface area contributed by atoms with E-state index in [0.29, 0.717) is 0 Å². The first-order valence-electron chi connectivity index (χ1n) is 6.44. The minimum atomic E-state index is 0.760. The summed E-state index contributed by atoms with van der Waals surface area (Å²) in [6.07, 6.45) is 5.33. The molecule has 0 bridgehead atoms. The van der Waals surface area contributed by atoms with Gasteiger partial charge >= 0.3 is 0 Å². The second-order valence-electron chi connectivity index (χ2n) is 4.95. The third-order valence-corrected chi connectivity index (χ3v) is 3.52. The van der Waals surface area contributed by atoms with Gasteiger partial charge in [-0.3, -0.25) is 0 Å². The van der Waals surface area contributed by atoms with Crippen molar-refractivity contribution in [3.63, 3.8) is 0 Å². The van der Waals surface area contributed by atoms with Crippen LogP contribution >= 0.6 is 0 Å². The molecule has 2 aliphatic rings. The van der Waals surface area contributed by atoms with Crippen molar-refractivity contribution < 1.29 is 4.74 Å². The van der Waals surface area contributed by atoms with Crippen LogP contribution in [0, 0.1) is 11.8 Å². The summed E-state index contributed by atoms with van der Waals surface area (Å²) >= 11 is 0. The van der Waals surface area contributed by atoms with Gasteiger partial charge in [-0.05, 0) is 57.2 Å². The molecule has 0 amide bonds. The van der Waals surface area contributed by atoms with Crippen molar-refractivity contribution in [2.45, 2.75) is 25.7 Å². The Balaban J connectivity index is 1.53. The normalized spacial score (nSPS) is 32.8. The van der Waals surface area contributed by atoms with Gasteiger partial charge in [0.15, 0.2) is 0 Å². The topological polar surface area (TPSA) is 33.3 Å². The average Bonchev–Trinajstić information content (AvgIpc) is 2.32. The molecule has 0 radical (unpaired) electrons. The Morgan fingerprint density at radius 1 is 1.13 bits per heavy atom. The molecule has 0 saturated carbocycles. The van der Waals surface area contributed by atoms with E-state index in [-0.39, 0.29) is 0 Å². The Kier molecular flexibility index (Phi) is 4.90. The lowest BCUT2D eigenvalue weighted by atomic mass is 9.98. The molecule has 2 saturated heterocycles. The summed E-state index contributed by atoms with van der Waals surface area (Å²) < 4.78 is 5.47. The molecule has 3 nitrogen and oxygen atoms in total. The molecule has 2 atom stereocenters. The van der Waals surface area contributed by atoms with Crippen LogP contribution in [-0.2, 0) is 4.74 Å². The van der Waals surface area contributed by atoms with Crippen LogP contribution in [0.1, 0.15) is 25.7 Å². The Hall–Kier alpha value is -0.120. The number of rotatable bonds is 4. The molecule has 0 aliphatic carbocycles. The minimum absolute atomic E-state index is 0.760. The van der Waals surface area contributed by atoms with Crippen molar-refractivity contribution in [2.24, 2.45) is 11.8 Å². The molecule has 2 N–H and O–H groups in total. The van der Waals surface area contributed by atoms with Crippen LogP contribution in [0.25, 0.3) is 0 Å². The summed E-state index contributed by atoms with van der Waals surface area (Å²) in [5, 5.41) is 7.06. The number of piperidine rings is 1. The summed E-state index contributed by atoms with van der Waals surface area (Å²) in [5.74, 6) is 1.61. The maximum Gasteiger partial charge on any atom is 0.0506 e. The van der Waals surface area contributed by atoms with Gasteiger partial charge in [0.05, 0.1) is 6.61 Å². The summed E-state index contributed by atoms with van der Waals surface area (Å²) in [6.45, 7) is 6.69. The van der Waals surface area contributed by atoms with E-state index < -0.39 is 0 Å². The van der Waals surface area contributed by atoms with E-state index in [1.165, 1.54) is 45.3 Å². The quantitative estimate of drug-likeness (QED) is 0.729. The highest BCUT2D eigenvalue weighted by atomic mass is 16.5. The third kappa shape index (κ3) is 4.09. The van der Waals surface area contributed by atoms with E-state index in [4.69, 9.17) is 4.74 Å². The minimum Gasteiger partial charge on any atom is -0.381 e.